The number of nitrogens with two attached hydrogens (primary N) is 1. The zero-order valence-electron chi connectivity index (χ0n) is 6.69. The van der Waals surface area contributed by atoms with E-state index in [0.29, 0.717) is 5.56 Å². The summed E-state index contributed by atoms with van der Waals surface area (Å²) in [4.78, 5) is 10.9. The predicted octanol–water partition coefficient (Wildman–Crippen LogP) is 0.169. The van der Waals surface area contributed by atoms with Gasteiger partial charge in [-0.25, -0.2) is 4.21 Å². The van der Waals surface area contributed by atoms with Gasteiger partial charge in [0.25, 0.3) is 5.91 Å². The minimum atomic E-state index is -0.644. The van der Waals surface area contributed by atoms with E-state index in [-0.39, 0.29) is 16.8 Å². The van der Waals surface area contributed by atoms with Crippen LogP contribution in [-0.4, -0.2) is 15.1 Å². The van der Waals surface area contributed by atoms with Crippen LogP contribution in [0.15, 0.2) is 30.3 Å². The maximum atomic E-state index is 10.9. The first kappa shape index (κ1) is 9.45. The van der Waals surface area contributed by atoms with Gasteiger partial charge < -0.3 is 5.73 Å². The van der Waals surface area contributed by atoms with Gasteiger partial charge in [-0.05, 0) is 10.6 Å². The summed E-state index contributed by atoms with van der Waals surface area (Å²) >= 11 is 0.0950. The fourth-order valence-corrected chi connectivity index (χ4v) is 1.20. The Morgan fingerprint density at radius 2 is 1.92 bits per heavy atom. The number of primary amides is 1. The molecule has 0 unspecified atom stereocenters. The van der Waals surface area contributed by atoms with Crippen LogP contribution in [0.5, 0.6) is 0 Å². The molecule has 0 aliphatic heterocycles. The summed E-state index contributed by atoms with van der Waals surface area (Å²) < 4.78 is 10.2. The zero-order valence-corrected chi connectivity index (χ0v) is 7.51. The molecule has 1 aromatic carbocycles. The Kier molecular flexibility index (Phi) is 3.20. The standard InChI is InChI=1S/C9H7NO2S/c10-9(11)8(6-13-12)7-4-2-1-3-5-7/h1-5H,(H2,10,11). The van der Waals surface area contributed by atoms with E-state index in [1.165, 1.54) is 0 Å². The molecule has 1 rings (SSSR count). The van der Waals surface area contributed by atoms with Crippen molar-refractivity contribution < 1.29 is 9.00 Å². The van der Waals surface area contributed by atoms with Crippen LogP contribution in [0.2, 0.25) is 0 Å². The summed E-state index contributed by atoms with van der Waals surface area (Å²) in [6.45, 7) is 0. The summed E-state index contributed by atoms with van der Waals surface area (Å²) in [5.74, 6) is -0.644. The van der Waals surface area contributed by atoms with E-state index in [2.05, 4.69) is 5.02 Å². The van der Waals surface area contributed by atoms with Crippen molar-refractivity contribution in [2.75, 3.05) is 0 Å². The van der Waals surface area contributed by atoms with Gasteiger partial charge in [-0.15, -0.1) is 0 Å². The maximum Gasteiger partial charge on any atom is 0.258 e. The zero-order chi connectivity index (χ0) is 9.68. The molecule has 0 bridgehead atoms. The first-order valence-corrected chi connectivity index (χ1v) is 4.27. The third-order valence-electron chi connectivity index (χ3n) is 1.45. The minimum absolute atomic E-state index is 0.0950. The lowest BCUT2D eigenvalue weighted by Gasteiger charge is -1.97. The van der Waals surface area contributed by atoms with Gasteiger partial charge in [0, 0.05) is 0 Å². The van der Waals surface area contributed by atoms with Crippen molar-refractivity contribution in [1.29, 1.82) is 0 Å². The van der Waals surface area contributed by atoms with Crippen LogP contribution in [-0.2, 0) is 16.1 Å². The summed E-state index contributed by atoms with van der Waals surface area (Å²) in [5.41, 5.74) is 5.80. The number of hydrogen-bond acceptors (Lipinski definition) is 2. The molecule has 0 aliphatic carbocycles. The second kappa shape index (κ2) is 4.40. The van der Waals surface area contributed by atoms with E-state index in [1.807, 2.05) is 6.07 Å². The third-order valence-corrected chi connectivity index (χ3v) is 1.74. The molecule has 0 saturated heterocycles. The maximum absolute atomic E-state index is 10.9. The Labute approximate surface area is 78.9 Å². The van der Waals surface area contributed by atoms with Crippen molar-refractivity contribution in [2.45, 2.75) is 0 Å². The molecule has 0 aromatic heterocycles. The molecule has 0 heterocycles. The minimum Gasteiger partial charge on any atom is -0.365 e. The van der Waals surface area contributed by atoms with E-state index in [0.717, 1.165) is 0 Å². The lowest BCUT2D eigenvalue weighted by molar-refractivity contribution is -0.112. The molecule has 3 nitrogen and oxygen atoms in total. The smallest absolute Gasteiger partial charge is 0.258 e. The molecule has 0 saturated carbocycles. The molecular weight excluding hydrogens is 186 g/mol. The molecular formula is C9H7NO2S. The van der Waals surface area contributed by atoms with Crippen LogP contribution in [0, 0.1) is 0 Å². The van der Waals surface area contributed by atoms with Gasteiger partial charge in [0.05, 0.1) is 0 Å². The van der Waals surface area contributed by atoms with Gasteiger partial charge in [0.15, 0.2) is 0 Å². The summed E-state index contributed by atoms with van der Waals surface area (Å²) in [5, 5.41) is 2.30. The lowest BCUT2D eigenvalue weighted by atomic mass is 10.1. The van der Waals surface area contributed by atoms with Gasteiger partial charge in [-0.1, -0.05) is 30.3 Å². The second-order valence-corrected chi connectivity index (χ2v) is 2.66. The molecule has 1 amide bonds. The Balaban J connectivity index is 3.27. The average molecular weight is 193 g/mol. The third kappa shape index (κ3) is 2.40. The number of carbonyl (C=O) groups excluding carboxylic acids is 1. The van der Waals surface area contributed by atoms with Crippen molar-refractivity contribution in [2.24, 2.45) is 5.73 Å². The van der Waals surface area contributed by atoms with E-state index in [1.54, 1.807) is 24.3 Å². The van der Waals surface area contributed by atoms with E-state index in [4.69, 9.17) is 5.73 Å². The fraction of sp³-hybridized carbons (Fsp3) is 0. The highest BCUT2D eigenvalue weighted by molar-refractivity contribution is 7.64. The Bertz CT molecular complexity index is 401. The summed E-state index contributed by atoms with van der Waals surface area (Å²) in [7, 11) is 0. The van der Waals surface area contributed by atoms with Crippen molar-refractivity contribution in [3.63, 3.8) is 0 Å². The van der Waals surface area contributed by atoms with Crippen LogP contribution in [0.1, 0.15) is 5.56 Å². The highest BCUT2D eigenvalue weighted by Crippen LogP contribution is 2.09. The van der Waals surface area contributed by atoms with Gasteiger partial charge >= 0.3 is 0 Å². The first-order chi connectivity index (χ1) is 6.25. The van der Waals surface area contributed by atoms with Crippen LogP contribution in [0.3, 0.4) is 0 Å². The van der Waals surface area contributed by atoms with Gasteiger partial charge in [-0.3, -0.25) is 4.79 Å². The van der Waals surface area contributed by atoms with Gasteiger partial charge in [0.1, 0.15) is 16.8 Å². The molecule has 4 heteroatoms. The summed E-state index contributed by atoms with van der Waals surface area (Å²) in [6.07, 6.45) is 0. The molecule has 66 valence electrons. The largest absolute Gasteiger partial charge is 0.365 e. The Morgan fingerprint density at radius 3 is 2.38 bits per heavy atom. The molecule has 1 aromatic rings. The SMILES string of the molecule is NC(=O)C(=C=S=O)c1ccccc1. The Hall–Kier alpha value is -1.64. The second-order valence-electron chi connectivity index (χ2n) is 2.29. The molecule has 13 heavy (non-hydrogen) atoms. The molecule has 0 radical (unpaired) electrons. The number of hydrogen-bond donors (Lipinski definition) is 1. The van der Waals surface area contributed by atoms with Crippen molar-refractivity contribution in [3.8, 4) is 0 Å². The molecule has 0 spiro atoms. The van der Waals surface area contributed by atoms with Crippen LogP contribution in [0.4, 0.5) is 0 Å². The Morgan fingerprint density at radius 1 is 1.31 bits per heavy atom. The van der Waals surface area contributed by atoms with Crippen LogP contribution < -0.4 is 5.73 Å². The van der Waals surface area contributed by atoms with Crippen LogP contribution in [0.25, 0.3) is 5.57 Å². The highest BCUT2D eigenvalue weighted by atomic mass is 32.1. The van der Waals surface area contributed by atoms with E-state index >= 15 is 0 Å². The number of rotatable bonds is 2. The van der Waals surface area contributed by atoms with Gasteiger partial charge in [0.2, 0.25) is 0 Å². The molecule has 2 N–H and O–H groups in total. The summed E-state index contributed by atoms with van der Waals surface area (Å²) in [6, 6.07) is 8.73. The number of amides is 1. The molecule has 0 aliphatic rings. The topological polar surface area (TPSA) is 60.2 Å². The predicted molar refractivity (Wildman–Crippen MR) is 52.2 cm³/mol. The molecule has 0 atom stereocenters. The number of benzene rings is 1. The average Bonchev–Trinajstić information content (AvgIpc) is 2.15. The first-order valence-electron chi connectivity index (χ1n) is 3.52. The quantitative estimate of drug-likeness (QED) is 0.537. The normalized spacial score (nSPS) is 8.62. The monoisotopic (exact) mass is 193 g/mol. The van der Waals surface area contributed by atoms with Crippen LogP contribution >= 0.6 is 0 Å². The lowest BCUT2D eigenvalue weighted by Crippen LogP contribution is -2.13. The number of carbonyl (C=O) groups is 1. The van der Waals surface area contributed by atoms with Crippen molar-refractivity contribution in [3.05, 3.63) is 35.9 Å². The molecule has 0 fully saturated rings. The van der Waals surface area contributed by atoms with Gasteiger partial charge in [-0.2, -0.15) is 0 Å². The fourth-order valence-electron chi connectivity index (χ4n) is 0.898. The highest BCUT2D eigenvalue weighted by Gasteiger charge is 2.06. The van der Waals surface area contributed by atoms with Crippen molar-refractivity contribution in [1.82, 2.24) is 0 Å². The van der Waals surface area contributed by atoms with E-state index in [9.17, 15) is 9.00 Å². The van der Waals surface area contributed by atoms with E-state index < -0.39 is 5.91 Å². The van der Waals surface area contributed by atoms with Crippen molar-refractivity contribution >= 4 is 27.8 Å².